The standard InChI is InChI=1S/C23H33NO2/c1-3-5-7-8-19-9-11-21(12-10-19)26-22(25)20-13-16-23(18-24,17-14-20)15-6-4-2/h9-12,20H,3-8,13-17H2,1-2H3/t20-,23-. The average Bonchev–Trinajstić information content (AvgIpc) is 2.68. The molecule has 1 saturated carbocycles. The van der Waals surface area contributed by atoms with E-state index in [0.29, 0.717) is 5.75 Å². The smallest absolute Gasteiger partial charge is 0.314 e. The molecule has 142 valence electrons. The van der Waals surface area contributed by atoms with Gasteiger partial charge in [0.15, 0.2) is 0 Å². The summed E-state index contributed by atoms with van der Waals surface area (Å²) in [6, 6.07) is 10.5. The van der Waals surface area contributed by atoms with E-state index >= 15 is 0 Å². The highest BCUT2D eigenvalue weighted by atomic mass is 16.5. The van der Waals surface area contributed by atoms with Gasteiger partial charge in [0.05, 0.1) is 17.4 Å². The summed E-state index contributed by atoms with van der Waals surface area (Å²) < 4.78 is 5.60. The topological polar surface area (TPSA) is 50.1 Å². The molecular formula is C23H33NO2. The van der Waals surface area contributed by atoms with Gasteiger partial charge in [-0.2, -0.15) is 5.26 Å². The second-order valence-electron chi connectivity index (χ2n) is 7.79. The maximum Gasteiger partial charge on any atom is 0.314 e. The van der Waals surface area contributed by atoms with Crippen molar-refractivity contribution in [1.29, 1.82) is 5.26 Å². The van der Waals surface area contributed by atoms with Gasteiger partial charge in [0.1, 0.15) is 5.75 Å². The molecule has 2 rings (SSSR count). The molecule has 1 aliphatic rings. The predicted molar refractivity (Wildman–Crippen MR) is 105 cm³/mol. The first kappa shape index (κ1) is 20.5. The first-order chi connectivity index (χ1) is 12.6. The SMILES string of the molecule is CCCCCc1ccc(OC(=O)[C@H]2CC[C@@](C#N)(CCCC)CC2)cc1. The molecule has 0 amide bonds. The van der Waals surface area contributed by atoms with Crippen molar-refractivity contribution in [3.8, 4) is 11.8 Å². The summed E-state index contributed by atoms with van der Waals surface area (Å²) in [5, 5.41) is 9.57. The summed E-state index contributed by atoms with van der Waals surface area (Å²) >= 11 is 0. The average molecular weight is 356 g/mol. The molecule has 0 atom stereocenters. The summed E-state index contributed by atoms with van der Waals surface area (Å²) in [6.07, 6.45) is 11.1. The van der Waals surface area contributed by atoms with E-state index in [2.05, 4.69) is 32.0 Å². The molecule has 1 aromatic carbocycles. The molecule has 3 nitrogen and oxygen atoms in total. The maximum atomic E-state index is 12.5. The Morgan fingerprint density at radius 3 is 2.35 bits per heavy atom. The lowest BCUT2D eigenvalue weighted by molar-refractivity contribution is -0.140. The molecule has 26 heavy (non-hydrogen) atoms. The Morgan fingerprint density at radius 2 is 1.77 bits per heavy atom. The van der Waals surface area contributed by atoms with E-state index in [1.165, 1.54) is 24.8 Å². The van der Waals surface area contributed by atoms with Crippen molar-refractivity contribution in [2.24, 2.45) is 11.3 Å². The van der Waals surface area contributed by atoms with Crippen LogP contribution in [0.3, 0.4) is 0 Å². The van der Waals surface area contributed by atoms with E-state index in [1.54, 1.807) is 0 Å². The first-order valence-electron chi connectivity index (χ1n) is 10.3. The fourth-order valence-electron chi connectivity index (χ4n) is 3.84. The van der Waals surface area contributed by atoms with Crippen molar-refractivity contribution < 1.29 is 9.53 Å². The second kappa shape index (κ2) is 10.4. The molecule has 1 aromatic rings. The van der Waals surface area contributed by atoms with Crippen molar-refractivity contribution in [3.63, 3.8) is 0 Å². The van der Waals surface area contributed by atoms with Crippen LogP contribution in [0.4, 0.5) is 0 Å². The number of ether oxygens (including phenoxy) is 1. The van der Waals surface area contributed by atoms with Crippen molar-refractivity contribution in [3.05, 3.63) is 29.8 Å². The van der Waals surface area contributed by atoms with Gasteiger partial charge in [0, 0.05) is 0 Å². The van der Waals surface area contributed by atoms with Crippen LogP contribution in [-0.2, 0) is 11.2 Å². The number of hydrogen-bond acceptors (Lipinski definition) is 3. The molecule has 0 aliphatic heterocycles. The van der Waals surface area contributed by atoms with E-state index in [-0.39, 0.29) is 17.3 Å². The molecule has 0 spiro atoms. The van der Waals surface area contributed by atoms with Crippen molar-refractivity contribution >= 4 is 5.97 Å². The molecule has 0 radical (unpaired) electrons. The summed E-state index contributed by atoms with van der Waals surface area (Å²) in [5.74, 6) is 0.436. The number of benzene rings is 1. The van der Waals surface area contributed by atoms with Crippen molar-refractivity contribution in [1.82, 2.24) is 0 Å². The lowest BCUT2D eigenvalue weighted by Crippen LogP contribution is -2.31. The van der Waals surface area contributed by atoms with Crippen LogP contribution in [0.25, 0.3) is 0 Å². The third kappa shape index (κ3) is 5.87. The quantitative estimate of drug-likeness (QED) is 0.300. The van der Waals surface area contributed by atoms with Crippen LogP contribution < -0.4 is 4.74 Å². The highest BCUT2D eigenvalue weighted by Crippen LogP contribution is 2.42. The number of rotatable bonds is 9. The number of nitriles is 1. The lowest BCUT2D eigenvalue weighted by Gasteiger charge is -2.34. The number of nitrogens with zero attached hydrogens (tertiary/aromatic N) is 1. The monoisotopic (exact) mass is 355 g/mol. The van der Waals surface area contributed by atoms with Crippen molar-refractivity contribution in [2.75, 3.05) is 0 Å². The minimum atomic E-state index is -0.215. The number of hydrogen-bond donors (Lipinski definition) is 0. The Balaban J connectivity index is 1.82. The van der Waals surface area contributed by atoms with E-state index in [1.807, 2.05) is 12.1 Å². The number of carbonyl (C=O) groups is 1. The van der Waals surface area contributed by atoms with Crippen LogP contribution in [0.1, 0.15) is 83.6 Å². The Bertz CT molecular complexity index is 592. The molecular weight excluding hydrogens is 322 g/mol. The van der Waals surface area contributed by atoms with Gasteiger partial charge >= 0.3 is 5.97 Å². The minimum Gasteiger partial charge on any atom is -0.426 e. The van der Waals surface area contributed by atoms with Gasteiger partial charge in [-0.15, -0.1) is 0 Å². The van der Waals surface area contributed by atoms with Gasteiger partial charge in [-0.25, -0.2) is 0 Å². The normalized spacial score (nSPS) is 22.6. The molecule has 0 bridgehead atoms. The van der Waals surface area contributed by atoms with Gasteiger partial charge in [0.25, 0.3) is 0 Å². The highest BCUT2D eigenvalue weighted by Gasteiger charge is 2.37. The summed E-state index contributed by atoms with van der Waals surface area (Å²) in [5.41, 5.74) is 1.08. The number of esters is 1. The van der Waals surface area contributed by atoms with Crippen LogP contribution in [0.2, 0.25) is 0 Å². The molecule has 1 fully saturated rings. The molecule has 0 N–H and O–H groups in total. The van der Waals surface area contributed by atoms with Crippen LogP contribution in [0.15, 0.2) is 24.3 Å². The largest absolute Gasteiger partial charge is 0.426 e. The Labute approximate surface area is 158 Å². The van der Waals surface area contributed by atoms with Gasteiger partial charge < -0.3 is 4.74 Å². The van der Waals surface area contributed by atoms with E-state index in [0.717, 1.165) is 51.4 Å². The van der Waals surface area contributed by atoms with Gasteiger partial charge in [-0.1, -0.05) is 51.7 Å². The molecule has 0 saturated heterocycles. The molecule has 0 aromatic heterocycles. The summed E-state index contributed by atoms with van der Waals surface area (Å²) in [7, 11) is 0. The van der Waals surface area contributed by atoms with E-state index < -0.39 is 0 Å². The van der Waals surface area contributed by atoms with Crippen LogP contribution >= 0.6 is 0 Å². The maximum absolute atomic E-state index is 12.5. The number of unbranched alkanes of at least 4 members (excludes halogenated alkanes) is 3. The summed E-state index contributed by atoms with van der Waals surface area (Å²) in [6.45, 7) is 4.36. The third-order valence-electron chi connectivity index (χ3n) is 5.73. The summed E-state index contributed by atoms with van der Waals surface area (Å²) in [4.78, 5) is 12.5. The van der Waals surface area contributed by atoms with Crippen LogP contribution in [0, 0.1) is 22.7 Å². The Hall–Kier alpha value is -1.82. The second-order valence-corrected chi connectivity index (χ2v) is 7.79. The fraction of sp³-hybridized carbons (Fsp3) is 0.652. The van der Waals surface area contributed by atoms with Crippen molar-refractivity contribution in [2.45, 2.75) is 84.5 Å². The Morgan fingerprint density at radius 1 is 1.12 bits per heavy atom. The number of aryl methyl sites for hydroxylation is 1. The minimum absolute atomic E-state index is 0.0673. The van der Waals surface area contributed by atoms with Crippen LogP contribution in [-0.4, -0.2) is 5.97 Å². The third-order valence-corrected chi connectivity index (χ3v) is 5.73. The Kier molecular flexibility index (Phi) is 8.16. The van der Waals surface area contributed by atoms with E-state index in [4.69, 9.17) is 4.74 Å². The zero-order chi connectivity index (χ0) is 18.8. The van der Waals surface area contributed by atoms with Gasteiger partial charge in [0.2, 0.25) is 0 Å². The molecule has 0 unspecified atom stereocenters. The van der Waals surface area contributed by atoms with Gasteiger partial charge in [-0.05, 0) is 62.6 Å². The molecule has 1 aliphatic carbocycles. The predicted octanol–water partition coefficient (Wildman–Crippen LogP) is 6.22. The molecule has 0 heterocycles. The lowest BCUT2D eigenvalue weighted by atomic mass is 9.69. The molecule has 3 heteroatoms. The van der Waals surface area contributed by atoms with Crippen LogP contribution in [0.5, 0.6) is 5.75 Å². The zero-order valence-electron chi connectivity index (χ0n) is 16.4. The highest BCUT2D eigenvalue weighted by molar-refractivity contribution is 5.75. The number of carbonyl (C=O) groups excluding carboxylic acids is 1. The zero-order valence-corrected chi connectivity index (χ0v) is 16.4. The fourth-order valence-corrected chi connectivity index (χ4v) is 3.84. The first-order valence-corrected chi connectivity index (χ1v) is 10.3. The van der Waals surface area contributed by atoms with Gasteiger partial charge in [-0.3, -0.25) is 4.79 Å². The van der Waals surface area contributed by atoms with E-state index in [9.17, 15) is 10.1 Å².